The Kier molecular flexibility index (Phi) is 18.3. The van der Waals surface area contributed by atoms with Crippen LogP contribution in [0.3, 0.4) is 0 Å². The molecule has 1 atom stereocenters. The zero-order valence-electron chi connectivity index (χ0n) is 26.5. The van der Waals surface area contributed by atoms with Crippen molar-refractivity contribution >= 4 is 34.2 Å². The molecule has 2 N–H and O–H groups in total. The van der Waals surface area contributed by atoms with Crippen LogP contribution >= 0.6 is 11.6 Å². The lowest BCUT2D eigenvalue weighted by molar-refractivity contribution is -0.124. The molecule has 1 aliphatic rings. The first-order valence-corrected chi connectivity index (χ1v) is 15.5. The number of anilines is 1. The van der Waals surface area contributed by atoms with Gasteiger partial charge >= 0.3 is 0 Å². The smallest absolute Gasteiger partial charge is 0.224 e. The van der Waals surface area contributed by atoms with Gasteiger partial charge < -0.3 is 15.2 Å². The predicted molar refractivity (Wildman–Crippen MR) is 174 cm³/mol. The topological polar surface area (TPSA) is 61.0 Å². The Balaban J connectivity index is 0.00000115. The predicted octanol–water partition coefficient (Wildman–Crippen LogP) is 9.90. The molecule has 1 fully saturated rings. The Hall–Kier alpha value is -2.53. The van der Waals surface area contributed by atoms with Gasteiger partial charge in [0.2, 0.25) is 5.91 Å². The molecule has 0 saturated carbocycles. The van der Waals surface area contributed by atoms with Crippen molar-refractivity contribution in [1.82, 2.24) is 15.3 Å². The fraction of sp³-hybridized carbons (Fsp3) is 0.576. The molecule has 6 heteroatoms. The lowest BCUT2D eigenvalue weighted by Gasteiger charge is -2.33. The van der Waals surface area contributed by atoms with Crippen LogP contribution in [-0.2, 0) is 4.79 Å². The minimum Gasteiger partial charge on any atom is -0.366 e. The third-order valence-electron chi connectivity index (χ3n) is 6.21. The van der Waals surface area contributed by atoms with E-state index in [9.17, 15) is 4.79 Å². The van der Waals surface area contributed by atoms with Crippen LogP contribution < -0.4 is 10.2 Å². The van der Waals surface area contributed by atoms with E-state index in [4.69, 9.17) is 16.6 Å². The Morgan fingerprint density at radius 3 is 2.18 bits per heavy atom. The van der Waals surface area contributed by atoms with Gasteiger partial charge in [-0.05, 0) is 57.5 Å². The molecule has 2 aromatic carbocycles. The van der Waals surface area contributed by atoms with E-state index in [2.05, 4.69) is 49.0 Å². The molecule has 4 rings (SSSR count). The number of fused-ring (bicyclic) bond motifs is 1. The number of hydrogen-bond donors (Lipinski definition) is 2. The Morgan fingerprint density at radius 1 is 1.03 bits per heavy atom. The van der Waals surface area contributed by atoms with Crippen molar-refractivity contribution in [2.24, 2.45) is 5.92 Å². The van der Waals surface area contributed by atoms with Gasteiger partial charge in [-0.25, -0.2) is 4.98 Å². The van der Waals surface area contributed by atoms with E-state index in [1.165, 1.54) is 19.3 Å². The molecular weight excluding hydrogens is 504 g/mol. The molecule has 0 spiro atoms. The van der Waals surface area contributed by atoms with E-state index in [-0.39, 0.29) is 17.4 Å². The van der Waals surface area contributed by atoms with Crippen LogP contribution in [0, 0.1) is 5.92 Å². The van der Waals surface area contributed by atoms with Gasteiger partial charge in [0.15, 0.2) is 0 Å². The number of para-hydroxylation sites is 2. The number of carbonyl (C=O) groups is 1. The van der Waals surface area contributed by atoms with Gasteiger partial charge in [0.1, 0.15) is 5.82 Å². The van der Waals surface area contributed by atoms with E-state index in [1.54, 1.807) is 0 Å². The van der Waals surface area contributed by atoms with E-state index >= 15 is 0 Å². The first-order chi connectivity index (χ1) is 18.8. The van der Waals surface area contributed by atoms with E-state index < -0.39 is 0 Å². The lowest BCUT2D eigenvalue weighted by atomic mass is 9.95. The number of nitrogens with zero attached hydrogens (tertiary/aromatic N) is 2. The van der Waals surface area contributed by atoms with E-state index in [0.717, 1.165) is 34.5 Å². The SMILES string of the molecule is CC.CC.CC.CCCCC.CCNC(=O)C1CN(c2ccc(Cl)c(-c3nc4ccccc4[nH]3)c2)C(C)(C)C1. The van der Waals surface area contributed by atoms with Crippen LogP contribution in [0.15, 0.2) is 42.5 Å². The molecule has 1 saturated heterocycles. The average Bonchev–Trinajstić information content (AvgIpc) is 3.54. The number of benzene rings is 2. The van der Waals surface area contributed by atoms with Crippen molar-refractivity contribution in [1.29, 1.82) is 0 Å². The summed E-state index contributed by atoms with van der Waals surface area (Å²) in [5, 5.41) is 3.61. The summed E-state index contributed by atoms with van der Waals surface area (Å²) in [5.74, 6) is 0.871. The van der Waals surface area contributed by atoms with Crippen molar-refractivity contribution in [3.63, 3.8) is 0 Å². The van der Waals surface area contributed by atoms with Gasteiger partial charge in [-0.1, -0.05) is 98.4 Å². The molecule has 0 radical (unpaired) electrons. The highest BCUT2D eigenvalue weighted by Gasteiger charge is 2.41. The zero-order valence-corrected chi connectivity index (χ0v) is 27.3. The second kappa shape index (κ2) is 19.5. The highest BCUT2D eigenvalue weighted by Crippen LogP contribution is 2.39. The van der Waals surface area contributed by atoms with Crippen LogP contribution in [0.4, 0.5) is 5.69 Å². The maximum absolute atomic E-state index is 12.4. The number of rotatable bonds is 6. The number of aromatic nitrogens is 2. The standard InChI is InChI=1S/C22H25ClN4O.C5H12.3C2H6/c1-4-24-21(28)14-12-22(2,3)27(13-14)15-9-10-17(23)16(11-15)20-25-18-7-5-6-8-19(18)26-20;1-3-5-4-2;3*1-2/h5-11,14H,4,12-13H2,1-3H3,(H,24,28)(H,25,26);3-5H2,1-2H3;3*1-2H3. The molecule has 3 aromatic rings. The van der Waals surface area contributed by atoms with E-state index in [0.29, 0.717) is 18.1 Å². The third-order valence-corrected chi connectivity index (χ3v) is 6.54. The summed E-state index contributed by atoms with van der Waals surface area (Å²) in [7, 11) is 0. The first kappa shape index (κ1) is 36.5. The molecule has 220 valence electrons. The van der Waals surface area contributed by atoms with E-state index in [1.807, 2.05) is 84.9 Å². The van der Waals surface area contributed by atoms with Gasteiger partial charge in [-0.2, -0.15) is 0 Å². The first-order valence-electron chi connectivity index (χ1n) is 15.1. The number of halogens is 1. The van der Waals surface area contributed by atoms with Crippen LogP contribution in [0.25, 0.3) is 22.4 Å². The minimum absolute atomic E-state index is 0.0136. The van der Waals surface area contributed by atoms with Crippen LogP contribution in [0.1, 0.15) is 102 Å². The van der Waals surface area contributed by atoms with Crippen molar-refractivity contribution in [2.75, 3.05) is 18.0 Å². The number of H-pyrrole nitrogens is 1. The fourth-order valence-electron chi connectivity index (χ4n) is 4.49. The van der Waals surface area contributed by atoms with Crippen LogP contribution in [0.2, 0.25) is 5.02 Å². The highest BCUT2D eigenvalue weighted by molar-refractivity contribution is 6.33. The number of nitrogens with one attached hydrogen (secondary N) is 2. The van der Waals surface area contributed by atoms with Crippen LogP contribution in [0.5, 0.6) is 0 Å². The monoisotopic (exact) mass is 558 g/mol. The highest BCUT2D eigenvalue weighted by atomic mass is 35.5. The van der Waals surface area contributed by atoms with Crippen molar-refractivity contribution in [3.8, 4) is 11.4 Å². The third kappa shape index (κ3) is 10.5. The second-order valence-corrected chi connectivity index (χ2v) is 9.75. The molecule has 0 aliphatic carbocycles. The number of carbonyl (C=O) groups excluding carboxylic acids is 1. The Morgan fingerprint density at radius 2 is 1.64 bits per heavy atom. The summed E-state index contributed by atoms with van der Waals surface area (Å²) in [6.45, 7) is 24.1. The molecule has 2 heterocycles. The number of aromatic amines is 1. The molecule has 1 aromatic heterocycles. The minimum atomic E-state index is -0.116. The number of amides is 1. The summed E-state index contributed by atoms with van der Waals surface area (Å²) < 4.78 is 0. The van der Waals surface area contributed by atoms with Gasteiger partial charge in [0, 0.05) is 29.9 Å². The maximum atomic E-state index is 12.4. The summed E-state index contributed by atoms with van der Waals surface area (Å²) in [6.07, 6.45) is 4.90. The van der Waals surface area contributed by atoms with Crippen molar-refractivity contribution in [2.45, 2.75) is 107 Å². The number of unbranched alkanes of at least 4 members (excludes halogenated alkanes) is 2. The summed E-state index contributed by atoms with van der Waals surface area (Å²) in [6, 6.07) is 13.9. The molecule has 5 nitrogen and oxygen atoms in total. The summed E-state index contributed by atoms with van der Waals surface area (Å²) in [4.78, 5) is 22.7. The number of imidazole rings is 1. The van der Waals surface area contributed by atoms with Crippen molar-refractivity contribution in [3.05, 3.63) is 47.5 Å². The van der Waals surface area contributed by atoms with Crippen molar-refractivity contribution < 1.29 is 4.79 Å². The van der Waals surface area contributed by atoms with Crippen LogP contribution in [-0.4, -0.2) is 34.5 Å². The summed E-state index contributed by atoms with van der Waals surface area (Å²) in [5.41, 5.74) is 3.70. The molecule has 1 amide bonds. The normalized spacial score (nSPS) is 14.9. The largest absolute Gasteiger partial charge is 0.366 e. The lowest BCUT2D eigenvalue weighted by Crippen LogP contribution is -2.38. The fourth-order valence-corrected chi connectivity index (χ4v) is 4.70. The second-order valence-electron chi connectivity index (χ2n) is 9.34. The Bertz CT molecular complexity index is 1040. The van der Waals surface area contributed by atoms with Gasteiger partial charge in [-0.3, -0.25) is 4.79 Å². The average molecular weight is 559 g/mol. The Labute approximate surface area is 244 Å². The molecule has 1 unspecified atom stereocenters. The van der Waals surface area contributed by atoms with Gasteiger partial charge in [0.05, 0.1) is 22.0 Å². The van der Waals surface area contributed by atoms with Gasteiger partial charge in [-0.15, -0.1) is 0 Å². The molecule has 1 aliphatic heterocycles. The molecule has 39 heavy (non-hydrogen) atoms. The molecule has 0 bridgehead atoms. The summed E-state index contributed by atoms with van der Waals surface area (Å²) >= 11 is 6.51. The quantitative estimate of drug-likeness (QED) is 0.316. The maximum Gasteiger partial charge on any atom is 0.224 e. The van der Waals surface area contributed by atoms with Gasteiger partial charge in [0.25, 0.3) is 0 Å². The molecular formula is C33H55ClN4O. The zero-order chi connectivity index (χ0) is 30.0. The number of hydrogen-bond acceptors (Lipinski definition) is 3.